The second-order valence-corrected chi connectivity index (χ2v) is 4.55. The Balaban J connectivity index is 0.00000200. The van der Waals surface area contributed by atoms with E-state index >= 15 is 0 Å². The Bertz CT molecular complexity index is 470. The molecule has 1 saturated heterocycles. The van der Waals surface area contributed by atoms with E-state index in [-0.39, 0.29) is 30.8 Å². The third-order valence-electron chi connectivity index (χ3n) is 3.15. The first-order chi connectivity index (χ1) is 9.11. The van der Waals surface area contributed by atoms with E-state index in [9.17, 15) is 13.6 Å². The highest BCUT2D eigenvalue weighted by Crippen LogP contribution is 2.18. The van der Waals surface area contributed by atoms with Gasteiger partial charge in [-0.1, -0.05) is 6.07 Å². The van der Waals surface area contributed by atoms with Gasteiger partial charge in [0.1, 0.15) is 0 Å². The third kappa shape index (κ3) is 3.88. The minimum atomic E-state index is -0.932. The zero-order valence-corrected chi connectivity index (χ0v) is 11.8. The Morgan fingerprint density at radius 3 is 2.65 bits per heavy atom. The van der Waals surface area contributed by atoms with Crippen LogP contribution in [0.1, 0.15) is 11.6 Å². The quantitative estimate of drug-likeness (QED) is 0.865. The van der Waals surface area contributed by atoms with Crippen molar-refractivity contribution < 1.29 is 18.3 Å². The normalized spacial score (nSPS) is 15.9. The highest BCUT2D eigenvalue weighted by atomic mass is 35.5. The zero-order chi connectivity index (χ0) is 13.8. The fourth-order valence-corrected chi connectivity index (χ4v) is 1.88. The molecule has 4 nitrogen and oxygen atoms in total. The lowest BCUT2D eigenvalue weighted by Crippen LogP contribution is -2.51. The highest BCUT2D eigenvalue weighted by molar-refractivity contribution is 5.85. The van der Waals surface area contributed by atoms with Gasteiger partial charge < -0.3 is 15.4 Å². The Kier molecular flexibility index (Phi) is 6.32. The van der Waals surface area contributed by atoms with Crippen LogP contribution in [0.4, 0.5) is 8.78 Å². The van der Waals surface area contributed by atoms with E-state index in [0.29, 0.717) is 18.7 Å². The van der Waals surface area contributed by atoms with Crippen LogP contribution >= 0.6 is 12.4 Å². The number of halogens is 3. The summed E-state index contributed by atoms with van der Waals surface area (Å²) in [6.45, 7) is 1.49. The van der Waals surface area contributed by atoms with Gasteiger partial charge in [-0.05, 0) is 17.7 Å². The van der Waals surface area contributed by atoms with Crippen LogP contribution in [-0.4, -0.2) is 32.7 Å². The lowest BCUT2D eigenvalue weighted by molar-refractivity contribution is -0.127. The predicted octanol–water partition coefficient (Wildman–Crippen LogP) is 1.41. The summed E-state index contributed by atoms with van der Waals surface area (Å²) in [5, 5.41) is 5.79. The Labute approximate surface area is 122 Å². The monoisotopic (exact) mass is 306 g/mol. The van der Waals surface area contributed by atoms with Gasteiger partial charge in [-0.3, -0.25) is 4.79 Å². The summed E-state index contributed by atoms with van der Waals surface area (Å²) in [5.41, 5.74) is 0.487. The maximum atomic E-state index is 13.2. The van der Waals surface area contributed by atoms with Crippen molar-refractivity contribution in [3.05, 3.63) is 35.4 Å². The average Bonchev–Trinajstić information content (AvgIpc) is 2.30. The summed E-state index contributed by atoms with van der Waals surface area (Å²) in [6, 6.07) is 3.10. The van der Waals surface area contributed by atoms with Gasteiger partial charge in [0.15, 0.2) is 11.6 Å². The highest BCUT2D eigenvalue weighted by Gasteiger charge is 2.27. The zero-order valence-electron chi connectivity index (χ0n) is 11.0. The molecule has 1 aromatic carbocycles. The first-order valence-corrected chi connectivity index (χ1v) is 6.06. The van der Waals surface area contributed by atoms with Crippen molar-refractivity contribution in [1.82, 2.24) is 10.6 Å². The average molecular weight is 307 g/mol. The number of ether oxygens (including phenoxy) is 1. The molecule has 1 atom stereocenters. The fourth-order valence-electron chi connectivity index (χ4n) is 1.88. The van der Waals surface area contributed by atoms with Gasteiger partial charge in [-0.15, -0.1) is 12.4 Å². The number of methoxy groups -OCH3 is 1. The summed E-state index contributed by atoms with van der Waals surface area (Å²) in [4.78, 5) is 11.9. The molecule has 1 unspecified atom stereocenters. The molecule has 112 valence electrons. The van der Waals surface area contributed by atoms with Crippen molar-refractivity contribution in [2.75, 3.05) is 26.8 Å². The minimum absolute atomic E-state index is 0. The number of carbonyl (C=O) groups excluding carboxylic acids is 1. The van der Waals surface area contributed by atoms with Crippen molar-refractivity contribution in [2.24, 2.45) is 5.92 Å². The minimum Gasteiger partial charge on any atom is -0.382 e. The van der Waals surface area contributed by atoms with Crippen LogP contribution in [0.5, 0.6) is 0 Å². The maximum absolute atomic E-state index is 13.2. The number of hydrogen-bond acceptors (Lipinski definition) is 3. The molecule has 0 bridgehead atoms. The van der Waals surface area contributed by atoms with Crippen molar-refractivity contribution in [3.63, 3.8) is 0 Å². The molecule has 1 amide bonds. The third-order valence-corrected chi connectivity index (χ3v) is 3.15. The van der Waals surface area contributed by atoms with Crippen LogP contribution in [0.25, 0.3) is 0 Å². The summed E-state index contributed by atoms with van der Waals surface area (Å²) in [7, 11) is 1.49. The van der Waals surface area contributed by atoms with Gasteiger partial charge >= 0.3 is 0 Å². The number of rotatable bonds is 5. The standard InChI is InChI=1S/C13H16F2N2O2.ClH/c1-19-7-12(17-13(18)9-5-16-6-9)8-2-3-10(14)11(15)4-8;/h2-4,9,12,16H,5-7H2,1H3,(H,17,18);1H. The molecule has 1 heterocycles. The molecule has 0 saturated carbocycles. The van der Waals surface area contributed by atoms with E-state index in [1.165, 1.54) is 13.2 Å². The number of hydrogen-bond donors (Lipinski definition) is 2. The molecule has 20 heavy (non-hydrogen) atoms. The van der Waals surface area contributed by atoms with E-state index in [4.69, 9.17) is 4.74 Å². The first kappa shape index (κ1) is 16.8. The van der Waals surface area contributed by atoms with E-state index < -0.39 is 17.7 Å². The van der Waals surface area contributed by atoms with Gasteiger partial charge in [0.05, 0.1) is 18.6 Å². The van der Waals surface area contributed by atoms with Crippen LogP contribution in [0, 0.1) is 17.6 Å². The Morgan fingerprint density at radius 2 is 2.15 bits per heavy atom. The van der Waals surface area contributed by atoms with Gasteiger partial charge in [0, 0.05) is 20.2 Å². The van der Waals surface area contributed by atoms with Crippen molar-refractivity contribution in [3.8, 4) is 0 Å². The molecule has 1 aliphatic rings. The van der Waals surface area contributed by atoms with Crippen molar-refractivity contribution in [2.45, 2.75) is 6.04 Å². The van der Waals surface area contributed by atoms with Gasteiger partial charge in [-0.25, -0.2) is 8.78 Å². The number of carbonyl (C=O) groups is 1. The van der Waals surface area contributed by atoms with E-state index in [2.05, 4.69) is 10.6 Å². The Morgan fingerprint density at radius 1 is 1.45 bits per heavy atom. The SMILES string of the molecule is COCC(NC(=O)C1CNC1)c1ccc(F)c(F)c1.Cl. The number of amides is 1. The van der Waals surface area contributed by atoms with Gasteiger partial charge in [0.25, 0.3) is 0 Å². The van der Waals surface area contributed by atoms with Crippen LogP contribution in [0.3, 0.4) is 0 Å². The molecule has 0 spiro atoms. The fraction of sp³-hybridized carbons (Fsp3) is 0.462. The molecule has 1 fully saturated rings. The Hall–Kier alpha value is -1.24. The molecule has 2 rings (SSSR count). The molecule has 0 radical (unpaired) electrons. The second-order valence-electron chi connectivity index (χ2n) is 4.55. The summed E-state index contributed by atoms with van der Waals surface area (Å²) < 4.78 is 31.1. The van der Waals surface area contributed by atoms with Crippen LogP contribution in [-0.2, 0) is 9.53 Å². The lowest BCUT2D eigenvalue weighted by atomic mass is 10.0. The van der Waals surface area contributed by atoms with Gasteiger partial charge in [0.2, 0.25) is 5.91 Å². The molecular formula is C13H17ClF2N2O2. The molecule has 2 N–H and O–H groups in total. The molecule has 7 heteroatoms. The first-order valence-electron chi connectivity index (χ1n) is 6.06. The summed E-state index contributed by atoms with van der Waals surface area (Å²) in [5.74, 6) is -2.01. The molecule has 1 aliphatic heterocycles. The topological polar surface area (TPSA) is 50.4 Å². The van der Waals surface area contributed by atoms with E-state index in [1.807, 2.05) is 0 Å². The van der Waals surface area contributed by atoms with E-state index in [1.54, 1.807) is 0 Å². The smallest absolute Gasteiger partial charge is 0.226 e. The summed E-state index contributed by atoms with van der Waals surface area (Å²) >= 11 is 0. The predicted molar refractivity (Wildman–Crippen MR) is 72.7 cm³/mol. The van der Waals surface area contributed by atoms with Crippen LogP contribution in [0.15, 0.2) is 18.2 Å². The molecule has 0 aliphatic carbocycles. The lowest BCUT2D eigenvalue weighted by Gasteiger charge is -2.28. The van der Waals surface area contributed by atoms with Crippen LogP contribution < -0.4 is 10.6 Å². The molecule has 1 aromatic rings. The van der Waals surface area contributed by atoms with Crippen LogP contribution in [0.2, 0.25) is 0 Å². The van der Waals surface area contributed by atoms with E-state index in [0.717, 1.165) is 12.1 Å². The largest absolute Gasteiger partial charge is 0.382 e. The summed E-state index contributed by atoms with van der Waals surface area (Å²) in [6.07, 6.45) is 0. The molecular weight excluding hydrogens is 290 g/mol. The van der Waals surface area contributed by atoms with Crippen molar-refractivity contribution >= 4 is 18.3 Å². The number of nitrogens with one attached hydrogen (secondary N) is 2. The maximum Gasteiger partial charge on any atom is 0.226 e. The van der Waals surface area contributed by atoms with Gasteiger partial charge in [-0.2, -0.15) is 0 Å². The second kappa shape index (κ2) is 7.52. The molecule has 0 aromatic heterocycles. The van der Waals surface area contributed by atoms with Crippen molar-refractivity contribution in [1.29, 1.82) is 0 Å². The number of benzene rings is 1.